The van der Waals surface area contributed by atoms with E-state index in [1.807, 2.05) is 6.92 Å². The van der Waals surface area contributed by atoms with E-state index in [0.29, 0.717) is 5.92 Å². The van der Waals surface area contributed by atoms with Crippen LogP contribution >= 0.6 is 11.6 Å². The number of benzene rings is 2. The summed E-state index contributed by atoms with van der Waals surface area (Å²) in [6, 6.07) is 17.0. The first-order chi connectivity index (χ1) is 10.1. The molecule has 2 aromatic carbocycles. The second-order valence-corrected chi connectivity index (χ2v) is 6.62. The lowest BCUT2D eigenvalue weighted by Gasteiger charge is -2.42. The number of nitrogens with two attached hydrogens (primary N) is 1. The molecule has 2 unspecified atom stereocenters. The topological polar surface area (TPSA) is 26.0 Å². The summed E-state index contributed by atoms with van der Waals surface area (Å²) in [6.45, 7) is 2.03. The third kappa shape index (κ3) is 2.73. The molecule has 2 N–H and O–H groups in total. The molecule has 1 saturated carbocycles. The maximum absolute atomic E-state index is 6.92. The Morgan fingerprint density at radius 1 is 1.10 bits per heavy atom. The van der Waals surface area contributed by atoms with E-state index in [-0.39, 0.29) is 5.54 Å². The zero-order valence-electron chi connectivity index (χ0n) is 12.5. The van der Waals surface area contributed by atoms with Crippen LogP contribution < -0.4 is 5.73 Å². The van der Waals surface area contributed by atoms with Crippen molar-refractivity contribution in [1.29, 1.82) is 0 Å². The van der Waals surface area contributed by atoms with Crippen molar-refractivity contribution in [1.82, 2.24) is 0 Å². The smallest absolute Gasteiger partial charge is 0.0479 e. The molecule has 2 atom stereocenters. The summed E-state index contributed by atoms with van der Waals surface area (Å²) in [6.07, 6.45) is 4.60. The summed E-state index contributed by atoms with van der Waals surface area (Å²) in [5.74, 6) is 0.367. The first-order valence-corrected chi connectivity index (χ1v) is 8.09. The zero-order chi connectivity index (χ0) is 14.9. The van der Waals surface area contributed by atoms with Gasteiger partial charge in [-0.15, -0.1) is 0 Å². The zero-order valence-corrected chi connectivity index (χ0v) is 13.2. The molecule has 0 saturated heterocycles. The molecule has 2 heteroatoms. The predicted molar refractivity (Wildman–Crippen MR) is 89.7 cm³/mol. The summed E-state index contributed by atoms with van der Waals surface area (Å²) in [4.78, 5) is 0. The lowest BCUT2D eigenvalue weighted by molar-refractivity contribution is 0.254. The number of hydrogen-bond donors (Lipinski definition) is 1. The van der Waals surface area contributed by atoms with E-state index >= 15 is 0 Å². The second kappa shape index (κ2) is 5.82. The van der Waals surface area contributed by atoms with Crippen LogP contribution in [-0.2, 0) is 5.54 Å². The van der Waals surface area contributed by atoms with Crippen LogP contribution in [0.15, 0.2) is 48.5 Å². The van der Waals surface area contributed by atoms with Gasteiger partial charge >= 0.3 is 0 Å². The van der Waals surface area contributed by atoms with Gasteiger partial charge in [0.25, 0.3) is 0 Å². The van der Waals surface area contributed by atoms with E-state index in [0.717, 1.165) is 23.4 Å². The SMILES string of the molecule is Cc1ccc(C2(N)CCCCC2c2ccccc2)cc1Cl. The van der Waals surface area contributed by atoms with Gasteiger partial charge in [-0.1, -0.05) is 66.9 Å². The Balaban J connectivity index is 2.04. The molecule has 0 bridgehead atoms. The number of aryl methyl sites for hydroxylation is 1. The molecule has 21 heavy (non-hydrogen) atoms. The first-order valence-electron chi connectivity index (χ1n) is 7.72. The molecule has 1 fully saturated rings. The molecule has 1 aliphatic rings. The highest BCUT2D eigenvalue weighted by molar-refractivity contribution is 6.31. The van der Waals surface area contributed by atoms with Crippen LogP contribution in [-0.4, -0.2) is 0 Å². The molecule has 110 valence electrons. The largest absolute Gasteiger partial charge is 0.321 e. The van der Waals surface area contributed by atoms with E-state index in [2.05, 4.69) is 48.5 Å². The fourth-order valence-corrected chi connectivity index (χ4v) is 3.76. The van der Waals surface area contributed by atoms with Crippen molar-refractivity contribution < 1.29 is 0 Å². The van der Waals surface area contributed by atoms with Crippen molar-refractivity contribution in [2.75, 3.05) is 0 Å². The standard InChI is InChI=1S/C19H22ClN/c1-14-10-11-16(13-18(14)20)19(21)12-6-5-9-17(19)15-7-3-2-4-8-15/h2-4,7-8,10-11,13,17H,5-6,9,12,21H2,1H3. The van der Waals surface area contributed by atoms with E-state index in [1.54, 1.807) is 0 Å². The van der Waals surface area contributed by atoms with Crippen LogP contribution in [0.2, 0.25) is 5.02 Å². The number of halogens is 1. The molecule has 1 nitrogen and oxygen atoms in total. The van der Waals surface area contributed by atoms with E-state index in [4.69, 9.17) is 17.3 Å². The van der Waals surface area contributed by atoms with E-state index in [9.17, 15) is 0 Å². The van der Waals surface area contributed by atoms with Gasteiger partial charge in [-0.3, -0.25) is 0 Å². The fourth-order valence-electron chi connectivity index (χ4n) is 3.58. The van der Waals surface area contributed by atoms with Crippen LogP contribution in [0.3, 0.4) is 0 Å². The molecule has 0 amide bonds. The summed E-state index contributed by atoms with van der Waals surface area (Å²) < 4.78 is 0. The average molecular weight is 300 g/mol. The quantitative estimate of drug-likeness (QED) is 0.814. The predicted octanol–water partition coefficient (Wildman–Crippen LogP) is 5.16. The Morgan fingerprint density at radius 3 is 2.57 bits per heavy atom. The van der Waals surface area contributed by atoms with E-state index < -0.39 is 0 Å². The Hall–Kier alpha value is -1.31. The molecular weight excluding hydrogens is 278 g/mol. The molecule has 0 aliphatic heterocycles. The summed E-state index contributed by atoms with van der Waals surface area (Å²) in [5.41, 5.74) is 10.2. The third-order valence-electron chi connectivity index (χ3n) is 4.87. The minimum atomic E-state index is -0.309. The molecule has 0 radical (unpaired) electrons. The number of rotatable bonds is 2. The maximum Gasteiger partial charge on any atom is 0.0479 e. The van der Waals surface area contributed by atoms with Crippen LogP contribution in [0.4, 0.5) is 0 Å². The lowest BCUT2D eigenvalue weighted by atomic mass is 9.67. The van der Waals surface area contributed by atoms with Crippen LogP contribution in [0.1, 0.15) is 48.3 Å². The summed E-state index contributed by atoms with van der Waals surface area (Å²) >= 11 is 6.33. The summed E-state index contributed by atoms with van der Waals surface area (Å²) in [5, 5.41) is 0.815. The molecule has 3 rings (SSSR count). The van der Waals surface area contributed by atoms with Gasteiger partial charge < -0.3 is 5.73 Å². The summed E-state index contributed by atoms with van der Waals surface area (Å²) in [7, 11) is 0. The van der Waals surface area contributed by atoms with Gasteiger partial charge in [0.2, 0.25) is 0 Å². The Bertz CT molecular complexity index is 623. The molecular formula is C19H22ClN. The minimum absolute atomic E-state index is 0.309. The molecule has 0 aromatic heterocycles. The average Bonchev–Trinajstić information content (AvgIpc) is 2.51. The minimum Gasteiger partial charge on any atom is -0.321 e. The van der Waals surface area contributed by atoms with Crippen molar-refractivity contribution in [3.05, 3.63) is 70.2 Å². The molecule has 0 spiro atoms. The first kappa shape index (κ1) is 14.6. The third-order valence-corrected chi connectivity index (χ3v) is 5.27. The highest BCUT2D eigenvalue weighted by Gasteiger charge is 2.39. The van der Waals surface area contributed by atoms with Gasteiger partial charge in [-0.2, -0.15) is 0 Å². The van der Waals surface area contributed by atoms with E-state index in [1.165, 1.54) is 24.0 Å². The highest BCUT2D eigenvalue weighted by atomic mass is 35.5. The van der Waals surface area contributed by atoms with Crippen molar-refractivity contribution in [2.24, 2.45) is 5.73 Å². The maximum atomic E-state index is 6.92. The van der Waals surface area contributed by atoms with Crippen LogP contribution in [0, 0.1) is 6.92 Å². The van der Waals surface area contributed by atoms with Crippen molar-refractivity contribution in [2.45, 2.75) is 44.1 Å². The van der Waals surface area contributed by atoms with Gasteiger partial charge in [0.15, 0.2) is 0 Å². The van der Waals surface area contributed by atoms with Crippen LogP contribution in [0.5, 0.6) is 0 Å². The molecule has 1 aliphatic carbocycles. The fraction of sp³-hybridized carbons (Fsp3) is 0.368. The van der Waals surface area contributed by atoms with Gasteiger partial charge in [-0.25, -0.2) is 0 Å². The second-order valence-electron chi connectivity index (χ2n) is 6.21. The van der Waals surface area contributed by atoms with Gasteiger partial charge in [0, 0.05) is 16.5 Å². The van der Waals surface area contributed by atoms with Gasteiger partial charge in [0.1, 0.15) is 0 Å². The van der Waals surface area contributed by atoms with Gasteiger partial charge in [0.05, 0.1) is 0 Å². The van der Waals surface area contributed by atoms with Crippen LogP contribution in [0.25, 0.3) is 0 Å². The monoisotopic (exact) mass is 299 g/mol. The molecule has 0 heterocycles. The van der Waals surface area contributed by atoms with Crippen molar-refractivity contribution in [3.63, 3.8) is 0 Å². The lowest BCUT2D eigenvalue weighted by Crippen LogP contribution is -2.45. The van der Waals surface area contributed by atoms with Gasteiger partial charge in [-0.05, 0) is 42.5 Å². The Kier molecular flexibility index (Phi) is 4.05. The number of hydrogen-bond acceptors (Lipinski definition) is 1. The normalized spacial score (nSPS) is 25.8. The Labute approximate surface area is 132 Å². The highest BCUT2D eigenvalue weighted by Crippen LogP contribution is 2.46. The molecule has 2 aromatic rings. The Morgan fingerprint density at radius 2 is 1.86 bits per heavy atom. The van der Waals surface area contributed by atoms with Crippen molar-refractivity contribution in [3.8, 4) is 0 Å². The van der Waals surface area contributed by atoms with Crippen molar-refractivity contribution >= 4 is 11.6 Å².